The Kier molecular flexibility index (Phi) is 6.58. The number of fused-ring (bicyclic) bond motifs is 2. The molecule has 0 radical (unpaired) electrons. The maximum Gasteiger partial charge on any atom is 0.0553 e. The molecule has 1 heterocycles. The highest BCUT2D eigenvalue weighted by atomic mass is 35.5. The summed E-state index contributed by atoms with van der Waals surface area (Å²) in [7, 11) is 8.63. The van der Waals surface area contributed by atoms with Crippen molar-refractivity contribution in [1.82, 2.24) is 9.80 Å². The number of halogens is 1. The molecule has 2 aromatic rings. The molecular weight excluding hydrogens is 338 g/mol. The second-order valence-corrected chi connectivity index (χ2v) is 7.61. The van der Waals surface area contributed by atoms with Crippen LogP contribution in [0.5, 0.6) is 0 Å². The Balaban J connectivity index is 0.00000208. The Morgan fingerprint density at radius 1 is 0.875 bits per heavy atom. The Labute approximate surface area is 156 Å². The number of rotatable bonds is 5. The van der Waals surface area contributed by atoms with Crippen molar-refractivity contribution in [3.63, 3.8) is 0 Å². The molecule has 0 N–H and O–H groups in total. The van der Waals surface area contributed by atoms with E-state index in [1.165, 1.54) is 21.2 Å². The van der Waals surface area contributed by atoms with E-state index in [9.17, 15) is 0 Å². The quantitative estimate of drug-likeness (QED) is 0.787. The Hall–Kier alpha value is -1.20. The molecule has 5 heteroatoms. The molecule has 1 atom stereocenters. The zero-order valence-corrected chi connectivity index (χ0v) is 16.4. The molecular formula is C19H26ClN3S. The van der Waals surface area contributed by atoms with Gasteiger partial charge in [0, 0.05) is 28.9 Å². The molecule has 3 nitrogen and oxygen atoms in total. The van der Waals surface area contributed by atoms with Crippen LogP contribution in [0.1, 0.15) is 0 Å². The third-order valence-corrected chi connectivity index (χ3v) is 5.36. The normalized spacial score (nSPS) is 14.2. The van der Waals surface area contributed by atoms with Gasteiger partial charge in [0.05, 0.1) is 11.4 Å². The second kappa shape index (κ2) is 8.26. The summed E-state index contributed by atoms with van der Waals surface area (Å²) in [5.74, 6) is 0. The topological polar surface area (TPSA) is 9.72 Å². The number of nitrogens with zero attached hydrogens (tertiary/aromatic N) is 3. The molecule has 0 saturated heterocycles. The number of benzene rings is 2. The van der Waals surface area contributed by atoms with Crippen molar-refractivity contribution in [1.29, 1.82) is 0 Å². The minimum atomic E-state index is 0. The lowest BCUT2D eigenvalue weighted by molar-refractivity contribution is 0.233. The van der Waals surface area contributed by atoms with E-state index < -0.39 is 0 Å². The average Bonchev–Trinajstić information content (AvgIpc) is 2.53. The first-order valence-corrected chi connectivity index (χ1v) is 8.82. The highest BCUT2D eigenvalue weighted by molar-refractivity contribution is 7.99. The van der Waals surface area contributed by atoms with Crippen LogP contribution >= 0.6 is 24.2 Å². The van der Waals surface area contributed by atoms with E-state index in [0.717, 1.165) is 13.1 Å². The van der Waals surface area contributed by atoms with Crippen molar-refractivity contribution in [2.75, 3.05) is 46.2 Å². The lowest BCUT2D eigenvalue weighted by atomic mass is 10.1. The van der Waals surface area contributed by atoms with Gasteiger partial charge >= 0.3 is 0 Å². The maximum absolute atomic E-state index is 2.48. The predicted molar refractivity (Wildman–Crippen MR) is 107 cm³/mol. The molecule has 3 rings (SSSR count). The minimum absolute atomic E-state index is 0. The summed E-state index contributed by atoms with van der Waals surface area (Å²) >= 11 is 1.87. The van der Waals surface area contributed by atoms with Crippen molar-refractivity contribution in [3.8, 4) is 0 Å². The van der Waals surface area contributed by atoms with E-state index in [0.29, 0.717) is 6.04 Å². The summed E-state index contributed by atoms with van der Waals surface area (Å²) < 4.78 is 0. The van der Waals surface area contributed by atoms with Crippen molar-refractivity contribution in [2.24, 2.45) is 0 Å². The van der Waals surface area contributed by atoms with Crippen molar-refractivity contribution in [3.05, 3.63) is 48.5 Å². The van der Waals surface area contributed by atoms with Crippen molar-refractivity contribution >= 4 is 35.5 Å². The first-order valence-electron chi connectivity index (χ1n) is 8.01. The zero-order valence-electron chi connectivity index (χ0n) is 14.8. The van der Waals surface area contributed by atoms with Crippen LogP contribution in [0.15, 0.2) is 58.3 Å². The summed E-state index contributed by atoms with van der Waals surface area (Å²) in [6, 6.07) is 17.9. The Morgan fingerprint density at radius 3 is 1.83 bits per heavy atom. The number of para-hydroxylation sites is 2. The molecule has 0 aliphatic carbocycles. The van der Waals surface area contributed by atoms with Gasteiger partial charge < -0.3 is 14.7 Å². The molecule has 0 aromatic heterocycles. The smallest absolute Gasteiger partial charge is 0.0553 e. The van der Waals surface area contributed by atoms with Gasteiger partial charge in [-0.05, 0) is 52.5 Å². The van der Waals surface area contributed by atoms with Gasteiger partial charge in [0.15, 0.2) is 0 Å². The summed E-state index contributed by atoms with van der Waals surface area (Å²) in [6.07, 6.45) is 0. The van der Waals surface area contributed by atoms with Crippen LogP contribution in [0.2, 0.25) is 0 Å². The molecule has 1 aliphatic heterocycles. The Bertz CT molecular complexity index is 630. The fourth-order valence-electron chi connectivity index (χ4n) is 2.99. The van der Waals surface area contributed by atoms with Gasteiger partial charge in [-0.15, -0.1) is 12.4 Å². The number of anilines is 2. The highest BCUT2D eigenvalue weighted by Crippen LogP contribution is 2.47. The van der Waals surface area contributed by atoms with Gasteiger partial charge in [0.25, 0.3) is 0 Å². The monoisotopic (exact) mass is 363 g/mol. The van der Waals surface area contributed by atoms with E-state index >= 15 is 0 Å². The molecule has 0 amide bonds. The number of likely N-dealkylation sites (N-methyl/N-ethyl adjacent to an activating group) is 2. The summed E-state index contributed by atoms with van der Waals surface area (Å²) in [6.45, 7) is 2.03. The lowest BCUT2D eigenvalue weighted by Crippen LogP contribution is -2.45. The largest absolute Gasteiger partial charge is 0.338 e. The molecule has 0 spiro atoms. The molecule has 0 fully saturated rings. The third-order valence-electron chi connectivity index (χ3n) is 4.23. The van der Waals surface area contributed by atoms with Gasteiger partial charge in [-0.1, -0.05) is 36.0 Å². The van der Waals surface area contributed by atoms with E-state index in [1.807, 2.05) is 11.8 Å². The van der Waals surface area contributed by atoms with Crippen LogP contribution < -0.4 is 4.90 Å². The number of hydrogen-bond donors (Lipinski definition) is 0. The molecule has 2 aromatic carbocycles. The van der Waals surface area contributed by atoms with Crippen LogP contribution in [-0.4, -0.2) is 57.1 Å². The summed E-state index contributed by atoms with van der Waals surface area (Å²) in [5.41, 5.74) is 2.64. The molecule has 0 unspecified atom stereocenters. The average molecular weight is 364 g/mol. The zero-order chi connectivity index (χ0) is 16.4. The summed E-state index contributed by atoms with van der Waals surface area (Å²) in [5, 5.41) is 0. The van der Waals surface area contributed by atoms with E-state index in [4.69, 9.17) is 0 Å². The third kappa shape index (κ3) is 4.06. The molecule has 1 aliphatic rings. The lowest BCUT2D eigenvalue weighted by Gasteiger charge is -2.38. The standard InChI is InChI=1S/C19H25N3S.ClH/c1-20(2)13-15(21(3)4)14-22-16-9-5-7-11-18(16)23-19-12-8-6-10-17(19)22;/h5-12,15H,13-14H2,1-4H3;1H/t15-;/m1./s1. The van der Waals surface area contributed by atoms with Crippen LogP contribution in [0.25, 0.3) is 0 Å². The van der Waals surface area contributed by atoms with Crippen LogP contribution in [0.4, 0.5) is 11.4 Å². The minimum Gasteiger partial charge on any atom is -0.338 e. The molecule has 0 bridgehead atoms. The maximum atomic E-state index is 2.48. The first kappa shape index (κ1) is 19.1. The first-order chi connectivity index (χ1) is 11.1. The van der Waals surface area contributed by atoms with E-state index in [2.05, 4.69) is 91.4 Å². The van der Waals surface area contributed by atoms with E-state index in [1.54, 1.807) is 0 Å². The van der Waals surface area contributed by atoms with Gasteiger partial charge in [-0.25, -0.2) is 0 Å². The molecule has 0 saturated carbocycles. The SMILES string of the molecule is CN(C)C[C@H](CN1c2ccccc2Sc2ccccc21)N(C)C.Cl. The van der Waals surface area contributed by atoms with E-state index in [-0.39, 0.29) is 12.4 Å². The molecule has 24 heavy (non-hydrogen) atoms. The van der Waals surface area contributed by atoms with Crippen LogP contribution in [0.3, 0.4) is 0 Å². The van der Waals surface area contributed by atoms with Gasteiger partial charge in [0.2, 0.25) is 0 Å². The fourth-order valence-corrected chi connectivity index (χ4v) is 4.09. The summed E-state index contributed by atoms with van der Waals surface area (Å²) in [4.78, 5) is 9.76. The highest BCUT2D eigenvalue weighted by Gasteiger charge is 2.26. The van der Waals surface area contributed by atoms with Crippen LogP contribution in [-0.2, 0) is 0 Å². The van der Waals surface area contributed by atoms with Gasteiger partial charge in [-0.3, -0.25) is 0 Å². The second-order valence-electron chi connectivity index (χ2n) is 6.53. The van der Waals surface area contributed by atoms with Crippen molar-refractivity contribution in [2.45, 2.75) is 15.8 Å². The Morgan fingerprint density at radius 2 is 1.38 bits per heavy atom. The molecule has 130 valence electrons. The van der Waals surface area contributed by atoms with Crippen molar-refractivity contribution < 1.29 is 0 Å². The van der Waals surface area contributed by atoms with Gasteiger partial charge in [-0.2, -0.15) is 0 Å². The number of hydrogen-bond acceptors (Lipinski definition) is 4. The predicted octanol–water partition coefficient (Wildman–Crippen LogP) is 4.20. The fraction of sp³-hybridized carbons (Fsp3) is 0.368. The van der Waals surface area contributed by atoms with Crippen LogP contribution in [0, 0.1) is 0 Å². The van der Waals surface area contributed by atoms with Gasteiger partial charge in [0.1, 0.15) is 0 Å².